The van der Waals surface area contributed by atoms with Gasteiger partial charge in [0.2, 0.25) is 5.91 Å². The zero-order chi connectivity index (χ0) is 17.7. The van der Waals surface area contributed by atoms with Crippen molar-refractivity contribution in [2.24, 2.45) is 0 Å². The molecule has 1 N–H and O–H groups in total. The van der Waals surface area contributed by atoms with E-state index in [0.717, 1.165) is 21.7 Å². The lowest BCUT2D eigenvalue weighted by Crippen LogP contribution is -2.29. The van der Waals surface area contributed by atoms with Gasteiger partial charge < -0.3 is 5.32 Å². The van der Waals surface area contributed by atoms with E-state index in [1.54, 1.807) is 18.2 Å². The van der Waals surface area contributed by atoms with Gasteiger partial charge in [0.15, 0.2) is 0 Å². The van der Waals surface area contributed by atoms with Crippen LogP contribution in [0.3, 0.4) is 0 Å². The molecule has 0 saturated heterocycles. The van der Waals surface area contributed by atoms with Crippen LogP contribution in [-0.2, 0) is 11.3 Å². The van der Waals surface area contributed by atoms with E-state index in [4.69, 9.17) is 5.26 Å². The average molecular weight is 344 g/mol. The van der Waals surface area contributed by atoms with Crippen LogP contribution in [0.1, 0.15) is 5.56 Å². The van der Waals surface area contributed by atoms with Crippen molar-refractivity contribution in [3.8, 4) is 6.07 Å². The topological polar surface area (TPSA) is 118 Å². The van der Waals surface area contributed by atoms with E-state index in [1.807, 2.05) is 18.4 Å². The Kier molecular flexibility index (Phi) is 5.34. The molecule has 0 radical (unpaired) electrons. The van der Waals surface area contributed by atoms with E-state index in [-0.39, 0.29) is 5.56 Å². The van der Waals surface area contributed by atoms with Crippen LogP contribution in [0.2, 0.25) is 0 Å². The van der Waals surface area contributed by atoms with Gasteiger partial charge in [-0.15, -0.1) is 11.8 Å². The normalized spacial score (nSPS) is 10.0. The van der Waals surface area contributed by atoms with Crippen molar-refractivity contribution in [3.63, 3.8) is 0 Å². The molecule has 1 heterocycles. The Hall–Kier alpha value is -3.12. The average Bonchev–Trinajstić information content (AvgIpc) is 2.56. The Morgan fingerprint density at radius 3 is 2.79 bits per heavy atom. The van der Waals surface area contributed by atoms with Gasteiger partial charge in [-0.3, -0.25) is 24.3 Å². The summed E-state index contributed by atoms with van der Waals surface area (Å²) in [4.78, 5) is 35.2. The number of carbonyl (C=O) groups excluding carboxylic acids is 1. The van der Waals surface area contributed by atoms with E-state index in [9.17, 15) is 19.7 Å². The second kappa shape index (κ2) is 7.43. The van der Waals surface area contributed by atoms with Crippen molar-refractivity contribution in [1.82, 2.24) is 4.57 Å². The monoisotopic (exact) mass is 344 g/mol. The van der Waals surface area contributed by atoms with Crippen molar-refractivity contribution in [2.75, 3.05) is 11.6 Å². The van der Waals surface area contributed by atoms with Crippen molar-refractivity contribution in [1.29, 1.82) is 5.26 Å². The standard InChI is InChI=1S/C15H12N4O4S/c1-24-13-5-3-2-4-12(13)17-14(20)9-18-8-11(19(22)23)6-10(7-16)15(18)21/h2-6,8H,9H2,1H3,(H,17,20). The van der Waals surface area contributed by atoms with Crippen LogP contribution in [-0.4, -0.2) is 21.7 Å². The molecular formula is C15H12N4O4S. The number of hydrogen-bond acceptors (Lipinski definition) is 6. The quantitative estimate of drug-likeness (QED) is 0.503. The molecule has 2 aromatic rings. The van der Waals surface area contributed by atoms with Gasteiger partial charge in [-0.25, -0.2) is 0 Å². The molecule has 0 atom stereocenters. The minimum atomic E-state index is -0.753. The van der Waals surface area contributed by atoms with Crippen molar-refractivity contribution >= 4 is 29.0 Å². The number of nitrogens with one attached hydrogen (secondary N) is 1. The lowest BCUT2D eigenvalue weighted by Gasteiger charge is -2.10. The van der Waals surface area contributed by atoms with Gasteiger partial charge in [-0.1, -0.05) is 12.1 Å². The summed E-state index contributed by atoms with van der Waals surface area (Å²) in [5, 5.41) is 22.4. The highest BCUT2D eigenvalue weighted by Gasteiger charge is 2.16. The second-order valence-electron chi connectivity index (χ2n) is 4.66. The molecule has 122 valence electrons. The molecule has 8 nitrogen and oxygen atoms in total. The van der Waals surface area contributed by atoms with E-state index in [2.05, 4.69) is 5.32 Å². The molecule has 0 bridgehead atoms. The zero-order valence-corrected chi connectivity index (χ0v) is 13.4. The Morgan fingerprint density at radius 2 is 2.17 bits per heavy atom. The van der Waals surface area contributed by atoms with E-state index < -0.39 is 28.6 Å². The highest BCUT2D eigenvalue weighted by atomic mass is 32.2. The molecule has 0 fully saturated rings. The maximum atomic E-state index is 12.2. The zero-order valence-electron chi connectivity index (χ0n) is 12.6. The third kappa shape index (κ3) is 3.80. The predicted octanol–water partition coefficient (Wildman–Crippen LogP) is 1.99. The molecule has 24 heavy (non-hydrogen) atoms. The van der Waals surface area contributed by atoms with Crippen LogP contribution in [0.4, 0.5) is 11.4 Å². The number of nitrogens with zero attached hydrogens (tertiary/aromatic N) is 3. The maximum Gasteiger partial charge on any atom is 0.287 e. The number of hydrogen-bond donors (Lipinski definition) is 1. The minimum Gasteiger partial charge on any atom is -0.324 e. The van der Waals surface area contributed by atoms with Crippen molar-refractivity contribution < 1.29 is 9.72 Å². The molecular weight excluding hydrogens is 332 g/mol. The summed E-state index contributed by atoms with van der Waals surface area (Å²) in [6.45, 7) is -0.433. The first-order valence-electron chi connectivity index (χ1n) is 6.68. The first-order valence-corrected chi connectivity index (χ1v) is 7.90. The number of aromatic nitrogens is 1. The van der Waals surface area contributed by atoms with Crippen LogP contribution < -0.4 is 10.9 Å². The number of rotatable bonds is 5. The highest BCUT2D eigenvalue weighted by molar-refractivity contribution is 7.98. The summed E-state index contributed by atoms with van der Waals surface area (Å²) in [5.41, 5.74) is -0.990. The Bertz CT molecular complexity index is 901. The fourth-order valence-electron chi connectivity index (χ4n) is 2.01. The molecule has 1 aromatic heterocycles. The van der Waals surface area contributed by atoms with Gasteiger partial charge in [0.1, 0.15) is 18.2 Å². The lowest BCUT2D eigenvalue weighted by molar-refractivity contribution is -0.385. The maximum absolute atomic E-state index is 12.2. The van der Waals surface area contributed by atoms with E-state index >= 15 is 0 Å². The fraction of sp³-hybridized carbons (Fsp3) is 0.133. The molecule has 9 heteroatoms. The fourth-order valence-corrected chi connectivity index (χ4v) is 2.56. The molecule has 0 spiro atoms. The van der Waals surface area contributed by atoms with E-state index in [0.29, 0.717) is 5.69 Å². The summed E-state index contributed by atoms with van der Waals surface area (Å²) in [6, 6.07) is 9.60. The van der Waals surface area contributed by atoms with Crippen LogP contribution in [0, 0.1) is 21.4 Å². The largest absolute Gasteiger partial charge is 0.324 e. The van der Waals surface area contributed by atoms with Crippen LogP contribution in [0.25, 0.3) is 0 Å². The number of para-hydroxylation sites is 1. The molecule has 0 unspecified atom stereocenters. The SMILES string of the molecule is CSc1ccccc1NC(=O)Cn1cc([N+](=O)[O-])cc(C#N)c1=O. The summed E-state index contributed by atoms with van der Waals surface area (Å²) in [6.07, 6.45) is 2.80. The number of benzene rings is 1. The lowest BCUT2D eigenvalue weighted by atomic mass is 10.2. The third-order valence-electron chi connectivity index (χ3n) is 3.10. The van der Waals surface area contributed by atoms with Gasteiger partial charge in [-0.05, 0) is 18.4 Å². The van der Waals surface area contributed by atoms with Gasteiger partial charge in [0.05, 0.1) is 16.8 Å². The molecule has 0 saturated carbocycles. The Morgan fingerprint density at radius 1 is 1.46 bits per heavy atom. The summed E-state index contributed by atoms with van der Waals surface area (Å²) < 4.78 is 0.855. The van der Waals surface area contributed by atoms with Gasteiger partial charge in [0.25, 0.3) is 11.2 Å². The van der Waals surface area contributed by atoms with Crippen molar-refractivity contribution in [3.05, 3.63) is 62.6 Å². The number of pyridine rings is 1. The number of anilines is 1. The van der Waals surface area contributed by atoms with E-state index in [1.165, 1.54) is 11.8 Å². The number of thioether (sulfide) groups is 1. The predicted molar refractivity (Wildman–Crippen MR) is 88.9 cm³/mol. The molecule has 1 amide bonds. The number of amides is 1. The third-order valence-corrected chi connectivity index (χ3v) is 3.89. The number of carbonyl (C=O) groups is 1. The smallest absolute Gasteiger partial charge is 0.287 e. The second-order valence-corrected chi connectivity index (χ2v) is 5.51. The Balaban J connectivity index is 2.29. The number of nitriles is 1. The Labute approximate surface area is 140 Å². The van der Waals surface area contributed by atoms with Gasteiger partial charge in [0, 0.05) is 11.0 Å². The number of nitro groups is 1. The summed E-state index contributed by atoms with van der Waals surface area (Å²) >= 11 is 1.44. The highest BCUT2D eigenvalue weighted by Crippen LogP contribution is 2.24. The first kappa shape index (κ1) is 17.2. The summed E-state index contributed by atoms with van der Waals surface area (Å²) in [7, 11) is 0. The molecule has 0 aliphatic heterocycles. The van der Waals surface area contributed by atoms with Crippen LogP contribution in [0.15, 0.2) is 46.2 Å². The van der Waals surface area contributed by atoms with Gasteiger partial charge >= 0.3 is 0 Å². The van der Waals surface area contributed by atoms with Crippen molar-refractivity contribution in [2.45, 2.75) is 11.4 Å². The molecule has 2 rings (SSSR count). The first-order chi connectivity index (χ1) is 11.5. The molecule has 0 aliphatic carbocycles. The summed E-state index contributed by atoms with van der Waals surface area (Å²) in [5.74, 6) is -0.525. The minimum absolute atomic E-state index is 0.387. The van der Waals surface area contributed by atoms with Crippen LogP contribution >= 0.6 is 11.8 Å². The molecule has 1 aromatic carbocycles. The van der Waals surface area contributed by atoms with Crippen LogP contribution in [0.5, 0.6) is 0 Å². The van der Waals surface area contributed by atoms with Gasteiger partial charge in [-0.2, -0.15) is 5.26 Å². The molecule has 0 aliphatic rings.